The fourth-order valence-corrected chi connectivity index (χ4v) is 2.68. The van der Waals surface area contributed by atoms with E-state index in [0.717, 1.165) is 0 Å². The normalized spacial score (nSPS) is 21.5. The van der Waals surface area contributed by atoms with Gasteiger partial charge in [0.2, 0.25) is 0 Å². The molecule has 2 aromatic rings. The Kier molecular flexibility index (Phi) is 4.12. The van der Waals surface area contributed by atoms with E-state index in [0.29, 0.717) is 30.2 Å². The van der Waals surface area contributed by atoms with Crippen molar-refractivity contribution in [1.82, 2.24) is 19.9 Å². The number of halogens is 1. The van der Waals surface area contributed by atoms with Gasteiger partial charge in [-0.3, -0.25) is 4.79 Å². The van der Waals surface area contributed by atoms with E-state index in [1.54, 1.807) is 28.6 Å². The van der Waals surface area contributed by atoms with Crippen molar-refractivity contribution in [2.45, 2.75) is 32.9 Å². The van der Waals surface area contributed by atoms with Crippen LogP contribution in [0, 0.1) is 12.7 Å². The van der Waals surface area contributed by atoms with Crippen molar-refractivity contribution < 1.29 is 13.9 Å². The van der Waals surface area contributed by atoms with Crippen LogP contribution < -0.4 is 0 Å². The third kappa shape index (κ3) is 2.96. The summed E-state index contributed by atoms with van der Waals surface area (Å²) < 4.78 is 20.1. The maximum absolute atomic E-state index is 13.0. The van der Waals surface area contributed by atoms with Crippen LogP contribution >= 0.6 is 0 Å². The molecule has 3 rings (SSSR count). The highest BCUT2D eigenvalue weighted by atomic mass is 19.1. The van der Waals surface area contributed by atoms with E-state index in [1.807, 2.05) is 13.8 Å². The molecule has 0 N–H and O–H groups in total. The van der Waals surface area contributed by atoms with Gasteiger partial charge >= 0.3 is 0 Å². The Morgan fingerprint density at radius 2 is 2.00 bits per heavy atom. The second-order valence-corrected chi connectivity index (χ2v) is 5.86. The molecule has 1 fully saturated rings. The van der Waals surface area contributed by atoms with Crippen molar-refractivity contribution in [1.29, 1.82) is 0 Å². The molecular weight excluding hydrogens is 299 g/mol. The highest BCUT2D eigenvalue weighted by Gasteiger charge is 2.31. The van der Waals surface area contributed by atoms with Crippen molar-refractivity contribution in [2.75, 3.05) is 13.2 Å². The van der Waals surface area contributed by atoms with E-state index in [4.69, 9.17) is 4.74 Å². The highest BCUT2D eigenvalue weighted by Crippen LogP contribution is 2.18. The minimum Gasteiger partial charge on any atom is -0.375 e. The topological polar surface area (TPSA) is 60.3 Å². The number of ether oxygens (including phenoxy) is 1. The Morgan fingerprint density at radius 1 is 1.30 bits per heavy atom. The number of nitrogens with zero attached hydrogens (tertiary/aromatic N) is 4. The third-order valence-corrected chi connectivity index (χ3v) is 4.04. The maximum atomic E-state index is 13.0. The quantitative estimate of drug-likeness (QED) is 0.849. The van der Waals surface area contributed by atoms with Gasteiger partial charge in [-0.05, 0) is 45.0 Å². The number of morpholine rings is 1. The van der Waals surface area contributed by atoms with E-state index in [2.05, 4.69) is 10.3 Å². The zero-order chi connectivity index (χ0) is 16.6. The molecule has 23 heavy (non-hydrogen) atoms. The summed E-state index contributed by atoms with van der Waals surface area (Å²) in [6, 6.07) is 5.90. The largest absolute Gasteiger partial charge is 0.375 e. The number of carbonyl (C=O) groups excluding carboxylic acids is 1. The van der Waals surface area contributed by atoms with Crippen LogP contribution in [0.5, 0.6) is 0 Å². The van der Waals surface area contributed by atoms with Gasteiger partial charge in [-0.2, -0.15) is 0 Å². The van der Waals surface area contributed by atoms with Gasteiger partial charge in [-0.25, -0.2) is 9.07 Å². The highest BCUT2D eigenvalue weighted by molar-refractivity contribution is 5.93. The molecule has 6 nitrogen and oxygen atoms in total. The molecule has 0 bridgehead atoms. The number of aromatic nitrogens is 3. The first-order valence-corrected chi connectivity index (χ1v) is 7.58. The first-order chi connectivity index (χ1) is 11.0. The number of carbonyl (C=O) groups is 1. The second kappa shape index (κ2) is 6.08. The second-order valence-electron chi connectivity index (χ2n) is 5.86. The van der Waals surface area contributed by atoms with Gasteiger partial charge in [0.25, 0.3) is 5.91 Å². The fraction of sp³-hybridized carbons (Fsp3) is 0.438. The van der Waals surface area contributed by atoms with Crippen LogP contribution in [0.2, 0.25) is 0 Å². The van der Waals surface area contributed by atoms with Crippen LogP contribution in [0.15, 0.2) is 24.3 Å². The van der Waals surface area contributed by atoms with Gasteiger partial charge < -0.3 is 9.64 Å². The molecule has 0 radical (unpaired) electrons. The summed E-state index contributed by atoms with van der Waals surface area (Å²) in [4.78, 5) is 14.5. The molecule has 122 valence electrons. The van der Waals surface area contributed by atoms with Crippen molar-refractivity contribution in [3.05, 3.63) is 41.5 Å². The summed E-state index contributed by atoms with van der Waals surface area (Å²) in [6.07, 6.45) is 0.00241. The molecule has 0 saturated carbocycles. The van der Waals surface area contributed by atoms with E-state index >= 15 is 0 Å². The molecule has 1 saturated heterocycles. The summed E-state index contributed by atoms with van der Waals surface area (Å²) in [7, 11) is 0. The van der Waals surface area contributed by atoms with E-state index in [-0.39, 0.29) is 23.9 Å². The Balaban J connectivity index is 1.89. The molecule has 1 amide bonds. The Morgan fingerprint density at radius 3 is 2.70 bits per heavy atom. The SMILES string of the molecule is Cc1c(C(=O)N2C[C@@H](C)OC[C@H]2C)nnn1-c1ccc(F)cc1. The standard InChI is InChI=1S/C16H19FN4O2/c1-10-9-23-11(2)8-20(10)16(22)15-12(3)21(19-18-15)14-6-4-13(17)5-7-14/h4-7,10-11H,8-9H2,1-3H3/t10-,11-/m1/s1. The Hall–Kier alpha value is -2.28. The maximum Gasteiger partial charge on any atom is 0.276 e. The number of rotatable bonds is 2. The molecule has 2 heterocycles. The molecular formula is C16H19FN4O2. The fourth-order valence-electron chi connectivity index (χ4n) is 2.68. The molecule has 1 aliphatic heterocycles. The van der Waals surface area contributed by atoms with Crippen LogP contribution in [0.4, 0.5) is 4.39 Å². The van der Waals surface area contributed by atoms with Gasteiger partial charge in [0.05, 0.1) is 30.1 Å². The lowest BCUT2D eigenvalue weighted by atomic mass is 10.1. The van der Waals surface area contributed by atoms with Gasteiger partial charge in [0, 0.05) is 6.54 Å². The molecule has 0 unspecified atom stereocenters. The Labute approximate surface area is 133 Å². The minimum atomic E-state index is -0.320. The third-order valence-electron chi connectivity index (χ3n) is 4.04. The summed E-state index contributed by atoms with van der Waals surface area (Å²) in [5.74, 6) is -0.475. The predicted molar refractivity (Wildman–Crippen MR) is 82.0 cm³/mol. The average Bonchev–Trinajstić information content (AvgIpc) is 2.91. The lowest BCUT2D eigenvalue weighted by molar-refractivity contribution is -0.0389. The monoisotopic (exact) mass is 318 g/mol. The molecule has 7 heteroatoms. The number of amides is 1. The van der Waals surface area contributed by atoms with Gasteiger partial charge in [0.15, 0.2) is 5.69 Å². The lowest BCUT2D eigenvalue weighted by Gasteiger charge is -2.36. The van der Waals surface area contributed by atoms with Crippen LogP contribution in [0.25, 0.3) is 5.69 Å². The average molecular weight is 318 g/mol. The van der Waals surface area contributed by atoms with Crippen LogP contribution in [-0.2, 0) is 4.74 Å². The number of hydrogen-bond donors (Lipinski definition) is 0. The summed E-state index contributed by atoms with van der Waals surface area (Å²) in [6.45, 7) is 6.71. The van der Waals surface area contributed by atoms with Crippen LogP contribution in [-0.4, -0.2) is 51.1 Å². The number of hydrogen-bond acceptors (Lipinski definition) is 4. The molecule has 1 aromatic heterocycles. The predicted octanol–water partition coefficient (Wildman–Crippen LogP) is 1.96. The van der Waals surface area contributed by atoms with E-state index in [1.165, 1.54) is 12.1 Å². The molecule has 1 aromatic carbocycles. The molecule has 0 spiro atoms. The van der Waals surface area contributed by atoms with E-state index < -0.39 is 0 Å². The molecule has 2 atom stereocenters. The summed E-state index contributed by atoms with van der Waals surface area (Å²) >= 11 is 0. The van der Waals surface area contributed by atoms with Crippen molar-refractivity contribution in [3.8, 4) is 5.69 Å². The Bertz CT molecular complexity index is 713. The summed E-state index contributed by atoms with van der Waals surface area (Å²) in [5, 5.41) is 8.08. The van der Waals surface area contributed by atoms with Crippen molar-refractivity contribution in [3.63, 3.8) is 0 Å². The summed E-state index contributed by atoms with van der Waals surface area (Å²) in [5.41, 5.74) is 1.61. The lowest BCUT2D eigenvalue weighted by Crippen LogP contribution is -2.50. The van der Waals surface area contributed by atoms with Crippen LogP contribution in [0.1, 0.15) is 30.0 Å². The van der Waals surface area contributed by atoms with Gasteiger partial charge in [-0.15, -0.1) is 5.10 Å². The van der Waals surface area contributed by atoms with Crippen molar-refractivity contribution in [2.24, 2.45) is 0 Å². The smallest absolute Gasteiger partial charge is 0.276 e. The first kappa shape index (κ1) is 15.6. The molecule has 0 aliphatic carbocycles. The molecule has 1 aliphatic rings. The minimum absolute atomic E-state index is 0.00241. The van der Waals surface area contributed by atoms with Crippen LogP contribution in [0.3, 0.4) is 0 Å². The van der Waals surface area contributed by atoms with Gasteiger partial charge in [-0.1, -0.05) is 5.21 Å². The van der Waals surface area contributed by atoms with E-state index in [9.17, 15) is 9.18 Å². The number of benzene rings is 1. The van der Waals surface area contributed by atoms with Gasteiger partial charge in [0.1, 0.15) is 5.82 Å². The van der Waals surface area contributed by atoms with Crippen molar-refractivity contribution >= 4 is 5.91 Å². The first-order valence-electron chi connectivity index (χ1n) is 7.58. The zero-order valence-electron chi connectivity index (χ0n) is 13.4. The zero-order valence-corrected chi connectivity index (χ0v) is 13.4.